The Hall–Kier alpha value is -0.330. The van der Waals surface area contributed by atoms with Crippen molar-refractivity contribution in [3.8, 4) is 0 Å². The van der Waals surface area contributed by atoms with Crippen LogP contribution in [0.1, 0.15) is 64.7 Å². The first-order chi connectivity index (χ1) is 7.25. The van der Waals surface area contributed by atoms with Gasteiger partial charge in [0, 0.05) is 12.3 Å². The number of Topliss-reactive ketones (excluding diaryl/α,β-unsaturated/α-hetero) is 1. The molecular weight excluding hydrogens is 184 g/mol. The minimum atomic E-state index is 0.447. The summed E-state index contributed by atoms with van der Waals surface area (Å²) in [6.45, 7) is 2.34. The van der Waals surface area contributed by atoms with Crippen molar-refractivity contribution in [1.29, 1.82) is 0 Å². The van der Waals surface area contributed by atoms with Crippen molar-refractivity contribution >= 4 is 5.78 Å². The smallest absolute Gasteiger partial charge is 0.136 e. The molecule has 0 aromatic rings. The Morgan fingerprint density at radius 1 is 1.07 bits per heavy atom. The zero-order chi connectivity index (χ0) is 10.7. The van der Waals surface area contributed by atoms with Gasteiger partial charge >= 0.3 is 0 Å². The molecular formula is C14H24O. The van der Waals surface area contributed by atoms with Crippen LogP contribution in [-0.4, -0.2) is 5.78 Å². The monoisotopic (exact) mass is 208 g/mol. The van der Waals surface area contributed by atoms with Crippen molar-refractivity contribution in [2.45, 2.75) is 64.7 Å². The molecule has 0 heterocycles. The van der Waals surface area contributed by atoms with Gasteiger partial charge < -0.3 is 0 Å². The summed E-state index contributed by atoms with van der Waals surface area (Å²) < 4.78 is 0. The number of hydrogen-bond acceptors (Lipinski definition) is 1. The predicted molar refractivity (Wildman–Crippen MR) is 62.7 cm³/mol. The van der Waals surface area contributed by atoms with Gasteiger partial charge in [-0.05, 0) is 31.1 Å². The molecule has 2 atom stereocenters. The molecule has 86 valence electrons. The van der Waals surface area contributed by atoms with E-state index in [0.29, 0.717) is 11.7 Å². The Labute approximate surface area is 93.6 Å². The van der Waals surface area contributed by atoms with E-state index in [1.54, 1.807) is 0 Å². The molecule has 1 heteroatoms. The predicted octanol–water partition coefficient (Wildman–Crippen LogP) is 3.96. The van der Waals surface area contributed by atoms with Crippen molar-refractivity contribution in [3.05, 3.63) is 0 Å². The minimum Gasteiger partial charge on any atom is -0.299 e. The van der Waals surface area contributed by atoms with Crippen LogP contribution in [-0.2, 0) is 4.79 Å². The van der Waals surface area contributed by atoms with E-state index in [1.807, 2.05) is 0 Å². The van der Waals surface area contributed by atoms with Gasteiger partial charge in [-0.25, -0.2) is 0 Å². The third-order valence-electron chi connectivity index (χ3n) is 4.35. The fourth-order valence-electron chi connectivity index (χ4n) is 3.44. The molecule has 2 rings (SSSR count). The van der Waals surface area contributed by atoms with Crippen LogP contribution in [0.5, 0.6) is 0 Å². The first-order valence-corrected chi connectivity index (χ1v) is 6.78. The topological polar surface area (TPSA) is 17.1 Å². The van der Waals surface area contributed by atoms with E-state index < -0.39 is 0 Å². The van der Waals surface area contributed by atoms with E-state index in [4.69, 9.17) is 0 Å². The molecule has 0 bridgehead atoms. The molecule has 0 aliphatic heterocycles. The van der Waals surface area contributed by atoms with Crippen molar-refractivity contribution in [3.63, 3.8) is 0 Å². The molecule has 2 aliphatic rings. The van der Waals surface area contributed by atoms with Gasteiger partial charge in [0.15, 0.2) is 0 Å². The lowest BCUT2D eigenvalue weighted by atomic mass is 9.78. The molecule has 2 aliphatic carbocycles. The van der Waals surface area contributed by atoms with Crippen molar-refractivity contribution < 1.29 is 4.79 Å². The van der Waals surface area contributed by atoms with E-state index in [0.717, 1.165) is 18.3 Å². The zero-order valence-electron chi connectivity index (χ0n) is 10.0. The zero-order valence-corrected chi connectivity index (χ0v) is 10.0. The van der Waals surface area contributed by atoms with Crippen LogP contribution in [0.4, 0.5) is 0 Å². The summed E-state index contributed by atoms with van der Waals surface area (Å²) in [7, 11) is 0. The third kappa shape index (κ3) is 3.06. The summed E-state index contributed by atoms with van der Waals surface area (Å²) in [6, 6.07) is 0. The van der Waals surface area contributed by atoms with E-state index >= 15 is 0 Å². The quantitative estimate of drug-likeness (QED) is 0.686. The summed E-state index contributed by atoms with van der Waals surface area (Å²) in [5, 5.41) is 0. The van der Waals surface area contributed by atoms with Gasteiger partial charge in [-0.15, -0.1) is 0 Å². The highest BCUT2D eigenvalue weighted by molar-refractivity contribution is 5.81. The molecule has 2 saturated carbocycles. The van der Waals surface area contributed by atoms with Crippen molar-refractivity contribution in [1.82, 2.24) is 0 Å². The fourth-order valence-corrected chi connectivity index (χ4v) is 3.44. The molecule has 0 amide bonds. The Bertz CT molecular complexity index is 215. The molecule has 2 unspecified atom stereocenters. The Morgan fingerprint density at radius 3 is 2.47 bits per heavy atom. The second-order valence-corrected chi connectivity index (χ2v) is 5.79. The van der Waals surface area contributed by atoms with Crippen LogP contribution in [0.25, 0.3) is 0 Å². The lowest BCUT2D eigenvalue weighted by Gasteiger charge is -2.26. The van der Waals surface area contributed by atoms with Crippen LogP contribution in [0.3, 0.4) is 0 Å². The van der Waals surface area contributed by atoms with Gasteiger partial charge in [0.05, 0.1) is 0 Å². The highest BCUT2D eigenvalue weighted by atomic mass is 16.1. The third-order valence-corrected chi connectivity index (χ3v) is 4.35. The number of rotatable bonds is 3. The van der Waals surface area contributed by atoms with E-state index in [9.17, 15) is 4.79 Å². The largest absolute Gasteiger partial charge is 0.299 e. The summed E-state index contributed by atoms with van der Waals surface area (Å²) in [5.41, 5.74) is 0. The molecule has 0 spiro atoms. The maximum atomic E-state index is 12.0. The first kappa shape index (κ1) is 11.2. The normalized spacial score (nSPS) is 33.1. The maximum Gasteiger partial charge on any atom is 0.136 e. The highest BCUT2D eigenvalue weighted by Crippen LogP contribution is 2.34. The number of hydrogen-bond donors (Lipinski definition) is 0. The lowest BCUT2D eigenvalue weighted by Crippen LogP contribution is -2.20. The molecule has 1 nitrogen and oxygen atoms in total. The van der Waals surface area contributed by atoms with Gasteiger partial charge in [0.25, 0.3) is 0 Å². The van der Waals surface area contributed by atoms with Crippen molar-refractivity contribution in [2.75, 3.05) is 0 Å². The molecule has 0 N–H and O–H groups in total. The summed E-state index contributed by atoms with van der Waals surface area (Å²) in [4.78, 5) is 12.0. The van der Waals surface area contributed by atoms with E-state index in [-0.39, 0.29) is 0 Å². The maximum absolute atomic E-state index is 12.0. The average Bonchev–Trinajstić information content (AvgIpc) is 2.70. The molecule has 0 saturated heterocycles. The van der Waals surface area contributed by atoms with Gasteiger partial charge in [0.1, 0.15) is 5.78 Å². The number of carbonyl (C=O) groups excluding carboxylic acids is 1. The van der Waals surface area contributed by atoms with Crippen LogP contribution < -0.4 is 0 Å². The summed E-state index contributed by atoms with van der Waals surface area (Å²) in [5.74, 6) is 2.62. The molecule has 0 radical (unpaired) electrons. The molecule has 0 aromatic carbocycles. The Balaban J connectivity index is 1.77. The SMILES string of the molecule is CC1CCCC(CC(=O)C2CCCC2)C1. The van der Waals surface area contributed by atoms with Gasteiger partial charge in [-0.1, -0.05) is 39.0 Å². The second-order valence-electron chi connectivity index (χ2n) is 5.79. The van der Waals surface area contributed by atoms with E-state index in [2.05, 4.69) is 6.92 Å². The summed E-state index contributed by atoms with van der Waals surface area (Å²) in [6.07, 6.45) is 11.2. The number of ketones is 1. The summed E-state index contributed by atoms with van der Waals surface area (Å²) >= 11 is 0. The Morgan fingerprint density at radius 2 is 1.80 bits per heavy atom. The van der Waals surface area contributed by atoms with Gasteiger partial charge in [-0.2, -0.15) is 0 Å². The minimum absolute atomic E-state index is 0.447. The van der Waals surface area contributed by atoms with Crippen LogP contribution in [0.2, 0.25) is 0 Å². The fraction of sp³-hybridized carbons (Fsp3) is 0.929. The number of carbonyl (C=O) groups is 1. The van der Waals surface area contributed by atoms with Crippen LogP contribution in [0.15, 0.2) is 0 Å². The first-order valence-electron chi connectivity index (χ1n) is 6.78. The standard InChI is InChI=1S/C14H24O/c1-11-5-4-6-12(9-11)10-14(15)13-7-2-3-8-13/h11-13H,2-10H2,1H3. The van der Waals surface area contributed by atoms with Crippen molar-refractivity contribution in [2.24, 2.45) is 17.8 Å². The average molecular weight is 208 g/mol. The van der Waals surface area contributed by atoms with Crippen LogP contribution in [0, 0.1) is 17.8 Å². The second kappa shape index (κ2) is 5.14. The van der Waals surface area contributed by atoms with Crippen LogP contribution >= 0.6 is 0 Å². The Kier molecular flexibility index (Phi) is 3.82. The van der Waals surface area contributed by atoms with Gasteiger partial charge in [0.2, 0.25) is 0 Å². The molecule has 2 fully saturated rings. The van der Waals surface area contributed by atoms with Gasteiger partial charge in [-0.3, -0.25) is 4.79 Å². The van der Waals surface area contributed by atoms with E-state index in [1.165, 1.54) is 51.4 Å². The molecule has 15 heavy (non-hydrogen) atoms. The molecule has 0 aromatic heterocycles. The highest BCUT2D eigenvalue weighted by Gasteiger charge is 2.27. The lowest BCUT2D eigenvalue weighted by molar-refractivity contribution is -0.123.